The van der Waals surface area contributed by atoms with Crippen LogP contribution < -0.4 is 0 Å². The Kier molecular flexibility index (Phi) is 8.76. The third-order valence-corrected chi connectivity index (χ3v) is 6.32. The van der Waals surface area contributed by atoms with Gasteiger partial charge in [0.2, 0.25) is 0 Å². The molecule has 0 spiro atoms. The van der Waals surface area contributed by atoms with Gasteiger partial charge in [-0.15, -0.1) is 0 Å². The summed E-state index contributed by atoms with van der Waals surface area (Å²) in [5, 5.41) is 29.0. The molecule has 3 N–H and O–H groups in total. The van der Waals surface area contributed by atoms with E-state index in [1.807, 2.05) is 12.2 Å². The number of unbranched alkanes of at least 4 members (excludes halogenated alkanes) is 2. The molecule has 6 unspecified atom stereocenters. The molecular weight excluding hydrogens is 340 g/mol. The number of carboxylic acids is 1. The Balaban J connectivity index is 1.76. The second-order valence-corrected chi connectivity index (χ2v) is 8.39. The van der Waals surface area contributed by atoms with E-state index in [0.29, 0.717) is 18.1 Å². The van der Waals surface area contributed by atoms with Crippen molar-refractivity contribution in [1.82, 2.24) is 0 Å². The fraction of sp³-hybridized carbons (Fsp3) is 0.842. The quantitative estimate of drug-likeness (QED) is 0.382. The first kappa shape index (κ1) is 20.7. The first-order valence-electron chi connectivity index (χ1n) is 9.50. The number of rotatable bonds is 11. The van der Waals surface area contributed by atoms with Gasteiger partial charge in [-0.1, -0.05) is 38.3 Å². The zero-order chi connectivity index (χ0) is 18.2. The molecule has 0 aromatic carbocycles. The van der Waals surface area contributed by atoms with Gasteiger partial charge in [0.15, 0.2) is 0 Å². The van der Waals surface area contributed by atoms with Gasteiger partial charge in [0.1, 0.15) is 0 Å². The van der Waals surface area contributed by atoms with Gasteiger partial charge in [0, 0.05) is 23.8 Å². The number of fused-ring (bicyclic) bond motifs is 1. The minimum Gasteiger partial charge on any atom is -0.481 e. The highest BCUT2D eigenvalue weighted by Crippen LogP contribution is 2.44. The van der Waals surface area contributed by atoms with Crippen LogP contribution in [-0.2, 0) is 9.53 Å². The normalized spacial score (nSPS) is 33.0. The average molecular weight is 373 g/mol. The molecule has 6 atom stereocenters. The number of carbonyl (C=O) groups is 1. The second kappa shape index (κ2) is 10.6. The largest absolute Gasteiger partial charge is 0.481 e. The van der Waals surface area contributed by atoms with Crippen molar-refractivity contribution in [3.63, 3.8) is 0 Å². The summed E-state index contributed by atoms with van der Waals surface area (Å²) < 4.78 is 6.05. The number of hydrogen-bond acceptors (Lipinski definition) is 5. The van der Waals surface area contributed by atoms with Crippen LogP contribution in [0.25, 0.3) is 0 Å². The van der Waals surface area contributed by atoms with Crippen molar-refractivity contribution in [2.24, 2.45) is 11.8 Å². The standard InChI is InChI=1S/C19H32O5S/c1-2-3-4-5-13(20)6-7-15-16-10-14(12-25-9-8-19(22)23)24-18(16)11-17(15)21/h6-7,13-18,20-21H,2-5,8-12H2,1H3,(H,22,23)/b7-6+. The van der Waals surface area contributed by atoms with E-state index in [9.17, 15) is 15.0 Å². The summed E-state index contributed by atoms with van der Waals surface area (Å²) >= 11 is 1.62. The van der Waals surface area contributed by atoms with E-state index in [4.69, 9.17) is 9.84 Å². The third kappa shape index (κ3) is 6.59. The van der Waals surface area contributed by atoms with Gasteiger partial charge in [-0.25, -0.2) is 0 Å². The summed E-state index contributed by atoms with van der Waals surface area (Å²) in [4.78, 5) is 10.5. The summed E-state index contributed by atoms with van der Waals surface area (Å²) in [6.45, 7) is 2.15. The maximum Gasteiger partial charge on any atom is 0.304 e. The maximum absolute atomic E-state index is 10.5. The van der Waals surface area contributed by atoms with Crippen LogP contribution in [0.1, 0.15) is 51.9 Å². The smallest absolute Gasteiger partial charge is 0.304 e. The summed E-state index contributed by atoms with van der Waals surface area (Å²) in [6, 6.07) is 0. The summed E-state index contributed by atoms with van der Waals surface area (Å²) in [5.74, 6) is 1.02. The first-order chi connectivity index (χ1) is 12.0. The lowest BCUT2D eigenvalue weighted by atomic mass is 9.90. The molecule has 144 valence electrons. The van der Waals surface area contributed by atoms with Crippen LogP contribution in [0.2, 0.25) is 0 Å². The molecular formula is C19H32O5S. The number of aliphatic carboxylic acids is 1. The van der Waals surface area contributed by atoms with Gasteiger partial charge in [0.25, 0.3) is 0 Å². The number of carboxylic acid groups (broad SMARTS) is 1. The molecule has 0 bridgehead atoms. The first-order valence-corrected chi connectivity index (χ1v) is 10.7. The molecule has 1 aliphatic carbocycles. The van der Waals surface area contributed by atoms with E-state index < -0.39 is 18.2 Å². The van der Waals surface area contributed by atoms with E-state index in [2.05, 4.69) is 6.92 Å². The average Bonchev–Trinajstić information content (AvgIpc) is 3.06. The van der Waals surface area contributed by atoms with Crippen molar-refractivity contribution >= 4 is 17.7 Å². The van der Waals surface area contributed by atoms with Crippen LogP contribution in [0.4, 0.5) is 0 Å². The SMILES string of the molecule is CCCCCC(O)/C=C/C1C(O)CC2OC(CSCCC(=O)O)CC21. The van der Waals surface area contributed by atoms with Crippen molar-refractivity contribution < 1.29 is 24.9 Å². The molecule has 1 saturated carbocycles. The molecule has 1 aliphatic heterocycles. The number of aliphatic hydroxyl groups is 2. The lowest BCUT2D eigenvalue weighted by Gasteiger charge is -2.18. The van der Waals surface area contributed by atoms with Crippen molar-refractivity contribution in [1.29, 1.82) is 0 Å². The molecule has 2 rings (SSSR count). The van der Waals surface area contributed by atoms with E-state index in [-0.39, 0.29) is 24.5 Å². The molecule has 6 heteroatoms. The predicted molar refractivity (Wildman–Crippen MR) is 99.7 cm³/mol. The minimum atomic E-state index is -0.762. The Labute approximate surface area is 154 Å². The minimum absolute atomic E-state index is 0.0554. The molecule has 5 nitrogen and oxygen atoms in total. The lowest BCUT2D eigenvalue weighted by molar-refractivity contribution is -0.136. The van der Waals surface area contributed by atoms with Crippen LogP contribution in [0.15, 0.2) is 12.2 Å². The zero-order valence-corrected chi connectivity index (χ0v) is 15.9. The molecule has 1 heterocycles. The van der Waals surface area contributed by atoms with Gasteiger partial charge in [-0.3, -0.25) is 4.79 Å². The van der Waals surface area contributed by atoms with Crippen LogP contribution in [0, 0.1) is 11.8 Å². The van der Waals surface area contributed by atoms with Gasteiger partial charge >= 0.3 is 5.97 Å². The monoisotopic (exact) mass is 372 g/mol. The van der Waals surface area contributed by atoms with Gasteiger partial charge in [-0.2, -0.15) is 11.8 Å². The van der Waals surface area contributed by atoms with Crippen LogP contribution in [0.3, 0.4) is 0 Å². The van der Waals surface area contributed by atoms with E-state index >= 15 is 0 Å². The van der Waals surface area contributed by atoms with Gasteiger partial charge in [-0.05, 0) is 18.8 Å². The fourth-order valence-corrected chi connectivity index (χ4v) is 4.85. The van der Waals surface area contributed by atoms with Crippen molar-refractivity contribution in [3.8, 4) is 0 Å². The Morgan fingerprint density at radius 1 is 1.36 bits per heavy atom. The van der Waals surface area contributed by atoms with Crippen molar-refractivity contribution in [2.45, 2.75) is 76.3 Å². The summed E-state index contributed by atoms with van der Waals surface area (Å²) in [7, 11) is 0. The zero-order valence-electron chi connectivity index (χ0n) is 15.0. The number of aliphatic hydroxyl groups excluding tert-OH is 2. The number of ether oxygens (including phenoxy) is 1. The second-order valence-electron chi connectivity index (χ2n) is 7.24. The molecule has 1 saturated heterocycles. The molecule has 0 aromatic rings. The highest BCUT2D eigenvalue weighted by atomic mass is 32.2. The highest BCUT2D eigenvalue weighted by Gasteiger charge is 2.47. The van der Waals surface area contributed by atoms with Crippen molar-refractivity contribution in [2.75, 3.05) is 11.5 Å². The Morgan fingerprint density at radius 2 is 2.16 bits per heavy atom. The predicted octanol–water partition coefficient (Wildman–Crippen LogP) is 2.85. The van der Waals surface area contributed by atoms with Crippen molar-refractivity contribution in [3.05, 3.63) is 12.2 Å². The molecule has 2 aliphatic rings. The third-order valence-electron chi connectivity index (χ3n) is 5.22. The number of hydrogen-bond donors (Lipinski definition) is 3. The topological polar surface area (TPSA) is 87.0 Å². The Hall–Kier alpha value is -0.560. The molecule has 0 amide bonds. The Bertz CT molecular complexity index is 442. The van der Waals surface area contributed by atoms with E-state index in [0.717, 1.165) is 37.9 Å². The summed E-state index contributed by atoms with van der Waals surface area (Å²) in [5.41, 5.74) is 0. The van der Waals surface area contributed by atoms with Crippen LogP contribution in [0.5, 0.6) is 0 Å². The van der Waals surface area contributed by atoms with Crippen LogP contribution in [-0.4, -0.2) is 57.2 Å². The fourth-order valence-electron chi connectivity index (χ4n) is 3.88. The molecule has 2 fully saturated rings. The lowest BCUT2D eigenvalue weighted by Crippen LogP contribution is -2.20. The highest BCUT2D eigenvalue weighted by molar-refractivity contribution is 7.99. The van der Waals surface area contributed by atoms with Gasteiger partial charge in [0.05, 0.1) is 30.8 Å². The maximum atomic E-state index is 10.5. The molecule has 0 aromatic heterocycles. The van der Waals surface area contributed by atoms with E-state index in [1.54, 1.807) is 11.8 Å². The van der Waals surface area contributed by atoms with Gasteiger partial charge < -0.3 is 20.1 Å². The van der Waals surface area contributed by atoms with E-state index in [1.165, 1.54) is 0 Å². The summed E-state index contributed by atoms with van der Waals surface area (Å²) in [6.07, 6.45) is 9.09. The number of thioether (sulfide) groups is 1. The molecule has 0 radical (unpaired) electrons. The van der Waals surface area contributed by atoms with Crippen LogP contribution >= 0.6 is 11.8 Å². The Morgan fingerprint density at radius 3 is 2.88 bits per heavy atom. The molecule has 25 heavy (non-hydrogen) atoms.